The number of rotatable bonds is 0. The highest BCUT2D eigenvalue weighted by Crippen LogP contribution is 2.64. The standard InChI is InChI=1S/C20H28O5/c1-10-12-8-11-13(21)9-14-18(2,3)6-5-7-19(14,4)15(11)16(22)20(12,24)25-17(10)23/h8,13-16,21-22,24H,5-7,9H2,1-4H3. The van der Waals surface area contributed by atoms with Crippen molar-refractivity contribution in [1.82, 2.24) is 0 Å². The molecule has 6 atom stereocenters. The molecule has 3 N–H and O–H groups in total. The van der Waals surface area contributed by atoms with Gasteiger partial charge < -0.3 is 20.1 Å². The van der Waals surface area contributed by atoms with E-state index in [4.69, 9.17) is 4.74 Å². The fourth-order valence-corrected chi connectivity index (χ4v) is 6.28. The lowest BCUT2D eigenvalue weighted by molar-refractivity contribution is -0.244. The van der Waals surface area contributed by atoms with Crippen LogP contribution in [0.25, 0.3) is 0 Å². The number of carbonyl (C=O) groups excluding carboxylic acids is 1. The molecule has 0 spiro atoms. The van der Waals surface area contributed by atoms with E-state index in [1.807, 2.05) is 0 Å². The summed E-state index contributed by atoms with van der Waals surface area (Å²) in [6.07, 6.45) is 3.49. The van der Waals surface area contributed by atoms with Crippen LogP contribution in [0.3, 0.4) is 0 Å². The Labute approximate surface area is 148 Å². The highest BCUT2D eigenvalue weighted by molar-refractivity contribution is 5.93. The second kappa shape index (κ2) is 4.96. The average molecular weight is 348 g/mol. The van der Waals surface area contributed by atoms with Gasteiger partial charge in [-0.05, 0) is 54.6 Å². The van der Waals surface area contributed by atoms with E-state index >= 15 is 0 Å². The summed E-state index contributed by atoms with van der Waals surface area (Å²) >= 11 is 0. The molecule has 2 fully saturated rings. The van der Waals surface area contributed by atoms with Crippen LogP contribution in [0, 0.1) is 22.7 Å². The molecule has 1 heterocycles. The third-order valence-electron chi connectivity index (χ3n) is 7.56. The van der Waals surface area contributed by atoms with E-state index < -0.39 is 29.9 Å². The molecule has 5 heteroatoms. The normalized spacial score (nSPS) is 48.3. The molecule has 2 saturated carbocycles. The van der Waals surface area contributed by atoms with Crippen LogP contribution >= 0.6 is 0 Å². The fourth-order valence-electron chi connectivity index (χ4n) is 6.28. The summed E-state index contributed by atoms with van der Waals surface area (Å²) in [5, 5.41) is 33.0. The van der Waals surface area contributed by atoms with Crippen molar-refractivity contribution in [3.63, 3.8) is 0 Å². The van der Waals surface area contributed by atoms with Crippen LogP contribution in [-0.4, -0.2) is 39.3 Å². The van der Waals surface area contributed by atoms with Crippen LogP contribution in [0.15, 0.2) is 22.8 Å². The van der Waals surface area contributed by atoms with Crippen LogP contribution in [-0.2, 0) is 9.53 Å². The number of ether oxygens (including phenoxy) is 1. The van der Waals surface area contributed by atoms with Gasteiger partial charge in [-0.2, -0.15) is 0 Å². The number of hydrogen-bond donors (Lipinski definition) is 3. The zero-order valence-corrected chi connectivity index (χ0v) is 15.4. The quantitative estimate of drug-likeness (QED) is 0.583. The maximum atomic E-state index is 12.0. The first-order valence-corrected chi connectivity index (χ1v) is 9.27. The van der Waals surface area contributed by atoms with E-state index in [0.29, 0.717) is 17.6 Å². The van der Waals surface area contributed by atoms with Crippen LogP contribution in [0.1, 0.15) is 53.4 Å². The van der Waals surface area contributed by atoms with Gasteiger partial charge in [-0.3, -0.25) is 0 Å². The van der Waals surface area contributed by atoms with Crippen LogP contribution in [0.2, 0.25) is 0 Å². The summed E-state index contributed by atoms with van der Waals surface area (Å²) in [6, 6.07) is 0. The predicted octanol–water partition coefficient (Wildman–Crippen LogP) is 2.06. The first-order valence-electron chi connectivity index (χ1n) is 9.27. The van der Waals surface area contributed by atoms with E-state index in [1.165, 1.54) is 0 Å². The van der Waals surface area contributed by atoms with Crippen molar-refractivity contribution in [2.24, 2.45) is 22.7 Å². The molecule has 6 unspecified atom stereocenters. The van der Waals surface area contributed by atoms with Crippen molar-refractivity contribution >= 4 is 5.97 Å². The van der Waals surface area contributed by atoms with Crippen molar-refractivity contribution in [1.29, 1.82) is 0 Å². The van der Waals surface area contributed by atoms with Gasteiger partial charge in [-0.15, -0.1) is 0 Å². The molecule has 0 bridgehead atoms. The first kappa shape index (κ1) is 17.3. The first-order chi connectivity index (χ1) is 11.5. The van der Waals surface area contributed by atoms with Gasteiger partial charge in [-0.25, -0.2) is 4.79 Å². The molecule has 0 radical (unpaired) electrons. The summed E-state index contributed by atoms with van der Waals surface area (Å²) < 4.78 is 5.20. The van der Waals surface area contributed by atoms with Gasteiger partial charge in [0.15, 0.2) is 0 Å². The number of hydrogen-bond acceptors (Lipinski definition) is 5. The molecular weight excluding hydrogens is 320 g/mol. The van der Waals surface area contributed by atoms with Gasteiger partial charge in [0.05, 0.1) is 6.10 Å². The minimum Gasteiger partial charge on any atom is -0.422 e. The lowest BCUT2D eigenvalue weighted by Gasteiger charge is -2.61. The molecule has 25 heavy (non-hydrogen) atoms. The Kier molecular flexibility index (Phi) is 3.42. The Bertz CT molecular complexity index is 705. The molecule has 0 saturated heterocycles. The molecule has 0 aromatic carbocycles. The molecule has 138 valence electrons. The van der Waals surface area contributed by atoms with Crippen LogP contribution in [0.5, 0.6) is 0 Å². The summed E-state index contributed by atoms with van der Waals surface area (Å²) in [6.45, 7) is 8.20. The number of aliphatic hydroxyl groups excluding tert-OH is 2. The minimum atomic E-state index is -2.00. The van der Waals surface area contributed by atoms with E-state index in [2.05, 4.69) is 20.8 Å². The monoisotopic (exact) mass is 348 g/mol. The minimum absolute atomic E-state index is 0.0558. The summed E-state index contributed by atoms with van der Waals surface area (Å²) in [4.78, 5) is 12.0. The zero-order valence-electron chi connectivity index (χ0n) is 15.4. The Hall–Kier alpha value is -1.17. The topological polar surface area (TPSA) is 87.0 Å². The predicted molar refractivity (Wildman–Crippen MR) is 91.2 cm³/mol. The molecule has 3 aliphatic carbocycles. The SMILES string of the molecule is CC1=C2C=C3C(O)CC4C(C)(C)CCCC4(C)C3C(O)C2(O)OC1=O. The number of fused-ring (bicyclic) bond motifs is 4. The van der Waals surface area contributed by atoms with Crippen molar-refractivity contribution in [3.05, 3.63) is 22.8 Å². The largest absolute Gasteiger partial charge is 0.422 e. The second-order valence-corrected chi connectivity index (χ2v) is 9.34. The number of carbonyl (C=O) groups is 1. The Balaban J connectivity index is 1.89. The number of esters is 1. The van der Waals surface area contributed by atoms with E-state index in [9.17, 15) is 20.1 Å². The number of aliphatic hydroxyl groups is 3. The van der Waals surface area contributed by atoms with Crippen LogP contribution < -0.4 is 0 Å². The third kappa shape index (κ3) is 2.03. The van der Waals surface area contributed by atoms with Crippen LogP contribution in [0.4, 0.5) is 0 Å². The van der Waals surface area contributed by atoms with Gasteiger partial charge in [-0.1, -0.05) is 27.2 Å². The Morgan fingerprint density at radius 2 is 1.88 bits per heavy atom. The summed E-state index contributed by atoms with van der Waals surface area (Å²) in [5.41, 5.74) is 1.14. The lowest BCUT2D eigenvalue weighted by atomic mass is 9.45. The van der Waals surface area contributed by atoms with Crippen molar-refractivity contribution in [3.8, 4) is 0 Å². The van der Waals surface area contributed by atoms with Gasteiger partial charge in [0.2, 0.25) is 0 Å². The van der Waals surface area contributed by atoms with Gasteiger partial charge in [0.1, 0.15) is 6.10 Å². The summed E-state index contributed by atoms with van der Waals surface area (Å²) in [5.74, 6) is -2.80. The zero-order chi connectivity index (χ0) is 18.4. The molecule has 0 aromatic rings. The smallest absolute Gasteiger partial charge is 0.337 e. The Morgan fingerprint density at radius 3 is 2.56 bits per heavy atom. The average Bonchev–Trinajstić information content (AvgIpc) is 2.73. The maximum absolute atomic E-state index is 12.0. The van der Waals surface area contributed by atoms with E-state index in [1.54, 1.807) is 13.0 Å². The van der Waals surface area contributed by atoms with Crippen molar-refractivity contribution in [2.45, 2.75) is 71.4 Å². The van der Waals surface area contributed by atoms with E-state index in [-0.39, 0.29) is 16.7 Å². The molecule has 0 amide bonds. The molecule has 5 nitrogen and oxygen atoms in total. The van der Waals surface area contributed by atoms with Gasteiger partial charge in [0, 0.05) is 17.1 Å². The third-order valence-corrected chi connectivity index (χ3v) is 7.56. The molecule has 4 rings (SSSR count). The lowest BCUT2D eigenvalue weighted by Crippen LogP contribution is -2.62. The fraction of sp³-hybridized carbons (Fsp3) is 0.750. The van der Waals surface area contributed by atoms with Crippen molar-refractivity contribution in [2.75, 3.05) is 0 Å². The maximum Gasteiger partial charge on any atom is 0.337 e. The molecular formula is C20H28O5. The second-order valence-electron chi connectivity index (χ2n) is 9.34. The Morgan fingerprint density at radius 1 is 1.20 bits per heavy atom. The molecule has 4 aliphatic rings. The summed E-state index contributed by atoms with van der Waals surface area (Å²) in [7, 11) is 0. The molecule has 1 aliphatic heterocycles. The van der Waals surface area contributed by atoms with Gasteiger partial charge >= 0.3 is 5.97 Å². The van der Waals surface area contributed by atoms with Crippen molar-refractivity contribution < 1.29 is 24.9 Å². The van der Waals surface area contributed by atoms with Gasteiger partial charge in [0.25, 0.3) is 5.79 Å². The molecule has 0 aromatic heterocycles. The van der Waals surface area contributed by atoms with E-state index in [0.717, 1.165) is 24.8 Å². The highest BCUT2D eigenvalue weighted by Gasteiger charge is 2.65. The highest BCUT2D eigenvalue weighted by atomic mass is 16.7.